The summed E-state index contributed by atoms with van der Waals surface area (Å²) in [5.74, 6) is -0.134. The van der Waals surface area contributed by atoms with Gasteiger partial charge in [0, 0.05) is 19.5 Å². The monoisotopic (exact) mass is 256 g/mol. The third-order valence-electron chi connectivity index (χ3n) is 1.65. The molecular formula is C10H14N2Na2OS. The average molecular weight is 256 g/mol. The molecule has 1 amide bonds. The van der Waals surface area contributed by atoms with E-state index in [1.165, 1.54) is 11.9 Å². The summed E-state index contributed by atoms with van der Waals surface area (Å²) in [5.41, 5.74) is 3.51. The molecule has 78 valence electrons. The molecule has 1 aromatic rings. The molecule has 1 aromatic carbocycles. The summed E-state index contributed by atoms with van der Waals surface area (Å²) < 4.78 is 0. The van der Waals surface area contributed by atoms with Gasteiger partial charge in [0.25, 0.3) is 0 Å². The summed E-state index contributed by atoms with van der Waals surface area (Å²) >= 11 is 5.17. The first kappa shape index (κ1) is 18.9. The van der Waals surface area contributed by atoms with E-state index in [0.717, 1.165) is 5.56 Å². The zero-order valence-electron chi connectivity index (χ0n) is 8.15. The van der Waals surface area contributed by atoms with E-state index in [1.807, 2.05) is 30.3 Å². The van der Waals surface area contributed by atoms with Crippen molar-refractivity contribution in [3.63, 3.8) is 0 Å². The number of amides is 1. The SMILES string of the molecule is CC(=O)NN(C)C(=S)c1ccccc1.[NaH].[NaH]. The van der Waals surface area contributed by atoms with Crippen molar-refractivity contribution >= 4 is 82.2 Å². The van der Waals surface area contributed by atoms with Gasteiger partial charge < -0.3 is 0 Å². The van der Waals surface area contributed by atoms with Gasteiger partial charge in [-0.25, -0.2) is 0 Å². The van der Waals surface area contributed by atoms with E-state index in [-0.39, 0.29) is 65.0 Å². The molecule has 0 saturated heterocycles. The summed E-state index contributed by atoms with van der Waals surface area (Å²) in [5, 5.41) is 1.53. The van der Waals surface area contributed by atoms with Crippen LogP contribution in [0.1, 0.15) is 12.5 Å². The van der Waals surface area contributed by atoms with Crippen LogP contribution in [0.2, 0.25) is 0 Å². The van der Waals surface area contributed by atoms with Gasteiger partial charge in [-0.3, -0.25) is 15.2 Å². The van der Waals surface area contributed by atoms with Gasteiger partial charge in [-0.15, -0.1) is 0 Å². The van der Waals surface area contributed by atoms with Crippen molar-refractivity contribution < 1.29 is 4.79 Å². The number of thiocarbonyl (C=S) groups is 1. The van der Waals surface area contributed by atoms with Crippen molar-refractivity contribution in [3.05, 3.63) is 35.9 Å². The Morgan fingerprint density at radius 1 is 1.25 bits per heavy atom. The number of nitrogens with zero attached hydrogens (tertiary/aromatic N) is 1. The van der Waals surface area contributed by atoms with Crippen molar-refractivity contribution in [2.24, 2.45) is 0 Å². The van der Waals surface area contributed by atoms with E-state index in [4.69, 9.17) is 12.2 Å². The second kappa shape index (κ2) is 9.59. The molecule has 0 spiro atoms. The van der Waals surface area contributed by atoms with Crippen LogP contribution in [0.15, 0.2) is 30.3 Å². The number of hydrogen-bond donors (Lipinski definition) is 1. The quantitative estimate of drug-likeness (QED) is 0.438. The standard InChI is InChI=1S/C10H12N2OS.2Na.2H/c1-8(13)11-12(2)10(14)9-6-4-3-5-7-9;;;;/h3-7H,1-2H3,(H,11,13);;;;. The fraction of sp³-hybridized carbons (Fsp3) is 0.200. The van der Waals surface area contributed by atoms with Gasteiger partial charge in [0.05, 0.1) is 0 Å². The molecule has 0 heterocycles. The third-order valence-corrected chi connectivity index (χ3v) is 2.16. The van der Waals surface area contributed by atoms with E-state index in [2.05, 4.69) is 5.43 Å². The zero-order valence-corrected chi connectivity index (χ0v) is 8.97. The Morgan fingerprint density at radius 2 is 1.75 bits per heavy atom. The molecule has 0 aromatic heterocycles. The van der Waals surface area contributed by atoms with E-state index in [0.29, 0.717) is 4.99 Å². The van der Waals surface area contributed by atoms with Gasteiger partial charge in [0.15, 0.2) is 0 Å². The topological polar surface area (TPSA) is 32.3 Å². The van der Waals surface area contributed by atoms with Crippen LogP contribution in [-0.4, -0.2) is 82.1 Å². The number of carbonyl (C=O) groups is 1. The maximum absolute atomic E-state index is 10.8. The predicted octanol–water partition coefficient (Wildman–Crippen LogP) is 0.0480. The number of hydrogen-bond acceptors (Lipinski definition) is 2. The zero-order chi connectivity index (χ0) is 10.6. The van der Waals surface area contributed by atoms with Crippen LogP contribution in [0.5, 0.6) is 0 Å². The van der Waals surface area contributed by atoms with Crippen LogP contribution in [0.25, 0.3) is 0 Å². The summed E-state index contributed by atoms with van der Waals surface area (Å²) in [6.45, 7) is 1.45. The Labute approximate surface area is 146 Å². The first-order valence-corrected chi connectivity index (χ1v) is 4.62. The maximum atomic E-state index is 10.8. The third kappa shape index (κ3) is 6.35. The second-order valence-electron chi connectivity index (χ2n) is 2.90. The van der Waals surface area contributed by atoms with Gasteiger partial charge in [0.2, 0.25) is 5.91 Å². The average Bonchev–Trinajstić information content (AvgIpc) is 2.17. The van der Waals surface area contributed by atoms with Crippen LogP contribution >= 0.6 is 12.2 Å². The number of hydrazine groups is 1. The molecule has 6 heteroatoms. The van der Waals surface area contributed by atoms with Crippen molar-refractivity contribution in [2.75, 3.05) is 7.05 Å². The Kier molecular flexibility index (Phi) is 11.4. The minimum atomic E-state index is -0.134. The fourth-order valence-corrected chi connectivity index (χ4v) is 1.24. The molecule has 1 rings (SSSR count). The van der Waals surface area contributed by atoms with Crippen LogP contribution < -0.4 is 5.43 Å². The molecule has 0 saturated carbocycles. The minimum absolute atomic E-state index is 0. The van der Waals surface area contributed by atoms with Crippen LogP contribution in [0, 0.1) is 0 Å². The summed E-state index contributed by atoms with van der Waals surface area (Å²) in [6.07, 6.45) is 0. The second-order valence-corrected chi connectivity index (χ2v) is 3.28. The van der Waals surface area contributed by atoms with Crippen LogP contribution in [-0.2, 0) is 4.79 Å². The Hall–Kier alpha value is 0.580. The Bertz CT molecular complexity index is 346. The molecule has 0 bridgehead atoms. The van der Waals surface area contributed by atoms with Crippen molar-refractivity contribution in [1.29, 1.82) is 0 Å². The molecule has 3 nitrogen and oxygen atoms in total. The summed E-state index contributed by atoms with van der Waals surface area (Å²) in [4.78, 5) is 11.4. The van der Waals surface area contributed by atoms with Gasteiger partial charge in [-0.05, 0) is 0 Å². The Morgan fingerprint density at radius 3 is 2.19 bits per heavy atom. The number of rotatable bonds is 1. The molecule has 0 radical (unpaired) electrons. The van der Waals surface area contributed by atoms with E-state index in [9.17, 15) is 4.79 Å². The predicted molar refractivity (Wildman–Crippen MR) is 74.0 cm³/mol. The number of carbonyl (C=O) groups excluding carboxylic acids is 1. The molecule has 0 fully saturated rings. The van der Waals surface area contributed by atoms with Crippen LogP contribution in [0.4, 0.5) is 0 Å². The summed E-state index contributed by atoms with van der Waals surface area (Å²) in [7, 11) is 1.72. The van der Waals surface area contributed by atoms with Crippen molar-refractivity contribution in [1.82, 2.24) is 10.4 Å². The van der Waals surface area contributed by atoms with Crippen molar-refractivity contribution in [3.8, 4) is 0 Å². The molecule has 0 unspecified atom stereocenters. The van der Waals surface area contributed by atoms with Crippen molar-refractivity contribution in [2.45, 2.75) is 6.92 Å². The molecule has 0 aliphatic carbocycles. The fourth-order valence-electron chi connectivity index (χ4n) is 1.06. The molecule has 0 aliphatic heterocycles. The number of nitrogens with one attached hydrogen (secondary N) is 1. The van der Waals surface area contributed by atoms with E-state index in [1.54, 1.807) is 7.05 Å². The van der Waals surface area contributed by atoms with Gasteiger partial charge in [0.1, 0.15) is 4.99 Å². The number of benzene rings is 1. The summed E-state index contributed by atoms with van der Waals surface area (Å²) in [6, 6.07) is 9.54. The van der Waals surface area contributed by atoms with Gasteiger partial charge in [-0.1, -0.05) is 42.5 Å². The normalized spacial score (nSPS) is 8.12. The van der Waals surface area contributed by atoms with E-state index < -0.39 is 0 Å². The van der Waals surface area contributed by atoms with Gasteiger partial charge in [-0.2, -0.15) is 0 Å². The first-order valence-electron chi connectivity index (χ1n) is 4.21. The molecule has 1 N–H and O–H groups in total. The molecule has 0 aliphatic rings. The molecule has 0 atom stereocenters. The molecular weight excluding hydrogens is 242 g/mol. The van der Waals surface area contributed by atoms with Crippen LogP contribution in [0.3, 0.4) is 0 Å². The first-order chi connectivity index (χ1) is 6.61. The van der Waals surface area contributed by atoms with E-state index >= 15 is 0 Å². The molecule has 16 heavy (non-hydrogen) atoms. The Balaban J connectivity index is 0. The van der Waals surface area contributed by atoms with Gasteiger partial charge >= 0.3 is 59.1 Å².